The number of rotatable bonds is 8. The fourth-order valence-corrected chi connectivity index (χ4v) is 3.06. The molecule has 3 rings (SSSR count). The molecule has 0 saturated carbocycles. The van der Waals surface area contributed by atoms with Gasteiger partial charge in [-0.05, 0) is 60.9 Å². The average Bonchev–Trinajstić information content (AvgIpc) is 2.72. The van der Waals surface area contributed by atoms with Crippen molar-refractivity contribution < 1.29 is 23.1 Å². The van der Waals surface area contributed by atoms with Crippen molar-refractivity contribution >= 4 is 11.7 Å². The topological polar surface area (TPSA) is 55.4 Å². The van der Waals surface area contributed by atoms with E-state index in [4.69, 9.17) is 4.74 Å². The summed E-state index contributed by atoms with van der Waals surface area (Å²) in [4.78, 5) is 24.0. The molecule has 154 valence electrons. The first-order valence-corrected chi connectivity index (χ1v) is 9.44. The molecule has 0 heterocycles. The van der Waals surface area contributed by atoms with E-state index < -0.39 is 17.8 Å². The van der Waals surface area contributed by atoms with Crippen molar-refractivity contribution in [3.63, 3.8) is 0 Å². The zero-order valence-electron chi connectivity index (χ0n) is 16.4. The second-order valence-corrected chi connectivity index (χ2v) is 6.88. The van der Waals surface area contributed by atoms with Crippen molar-refractivity contribution in [1.29, 1.82) is 0 Å². The van der Waals surface area contributed by atoms with Gasteiger partial charge in [-0.2, -0.15) is 0 Å². The van der Waals surface area contributed by atoms with E-state index in [1.165, 1.54) is 31.2 Å². The van der Waals surface area contributed by atoms with Gasteiger partial charge >= 0.3 is 0 Å². The molecule has 1 unspecified atom stereocenters. The van der Waals surface area contributed by atoms with Crippen LogP contribution in [0.5, 0.6) is 5.75 Å². The number of amides is 1. The van der Waals surface area contributed by atoms with Gasteiger partial charge in [0.1, 0.15) is 17.4 Å². The second-order valence-electron chi connectivity index (χ2n) is 6.88. The van der Waals surface area contributed by atoms with Gasteiger partial charge in [0.15, 0.2) is 12.4 Å². The Labute approximate surface area is 173 Å². The highest BCUT2D eigenvalue weighted by atomic mass is 19.1. The zero-order valence-corrected chi connectivity index (χ0v) is 16.4. The number of hydrogen-bond acceptors (Lipinski definition) is 3. The number of ketones is 1. The Kier molecular flexibility index (Phi) is 6.91. The Balaban J connectivity index is 1.71. The Morgan fingerprint density at radius 3 is 2.33 bits per heavy atom. The molecule has 0 radical (unpaired) electrons. The maximum absolute atomic E-state index is 13.7. The monoisotopic (exact) mass is 409 g/mol. The van der Waals surface area contributed by atoms with E-state index in [1.807, 2.05) is 0 Å². The van der Waals surface area contributed by atoms with Gasteiger partial charge in [0.05, 0.1) is 6.04 Å². The molecular weight excluding hydrogens is 388 g/mol. The molecule has 0 spiro atoms. The van der Waals surface area contributed by atoms with Crippen molar-refractivity contribution in [1.82, 2.24) is 5.32 Å². The van der Waals surface area contributed by atoms with Gasteiger partial charge in [0.25, 0.3) is 5.91 Å². The SMILES string of the molecule is CC(=O)c1cccc(OCC(=O)NC(Cc2cccc(F)c2)c2cccc(F)c2)c1. The van der Waals surface area contributed by atoms with Crippen molar-refractivity contribution in [2.75, 3.05) is 6.61 Å². The van der Waals surface area contributed by atoms with Crippen LogP contribution in [0.2, 0.25) is 0 Å². The molecule has 4 nitrogen and oxygen atoms in total. The predicted octanol–water partition coefficient (Wildman–Crippen LogP) is 4.65. The lowest BCUT2D eigenvalue weighted by molar-refractivity contribution is -0.123. The Morgan fingerprint density at radius 2 is 1.63 bits per heavy atom. The van der Waals surface area contributed by atoms with E-state index in [9.17, 15) is 18.4 Å². The Hall–Kier alpha value is -3.54. The fraction of sp³-hybridized carbons (Fsp3) is 0.167. The van der Waals surface area contributed by atoms with E-state index in [1.54, 1.807) is 48.5 Å². The lowest BCUT2D eigenvalue weighted by Crippen LogP contribution is -2.33. The molecule has 0 aromatic heterocycles. The van der Waals surface area contributed by atoms with Crippen LogP contribution in [0.1, 0.15) is 34.5 Å². The molecule has 0 saturated heterocycles. The van der Waals surface area contributed by atoms with Crippen LogP contribution >= 0.6 is 0 Å². The molecule has 0 aliphatic carbocycles. The summed E-state index contributed by atoms with van der Waals surface area (Å²) in [7, 11) is 0. The molecule has 0 aliphatic heterocycles. The van der Waals surface area contributed by atoms with Gasteiger partial charge in [-0.3, -0.25) is 9.59 Å². The van der Waals surface area contributed by atoms with Gasteiger partial charge in [-0.1, -0.05) is 36.4 Å². The number of carbonyl (C=O) groups excluding carboxylic acids is 2. The maximum Gasteiger partial charge on any atom is 0.258 e. The number of Topliss-reactive ketones (excluding diaryl/α,β-unsaturated/α-hetero) is 1. The Bertz CT molecular complexity index is 1050. The van der Waals surface area contributed by atoms with E-state index in [-0.39, 0.29) is 24.6 Å². The van der Waals surface area contributed by atoms with E-state index in [2.05, 4.69) is 5.32 Å². The summed E-state index contributed by atoms with van der Waals surface area (Å²) in [6.07, 6.45) is 0.284. The largest absolute Gasteiger partial charge is 0.484 e. The summed E-state index contributed by atoms with van der Waals surface area (Å²) in [5.41, 5.74) is 1.71. The lowest BCUT2D eigenvalue weighted by Gasteiger charge is -2.20. The normalized spacial score (nSPS) is 11.6. The lowest BCUT2D eigenvalue weighted by atomic mass is 9.98. The number of hydrogen-bond donors (Lipinski definition) is 1. The summed E-state index contributed by atoms with van der Waals surface area (Å²) in [6.45, 7) is 1.16. The minimum Gasteiger partial charge on any atom is -0.484 e. The van der Waals surface area contributed by atoms with Gasteiger partial charge in [-0.15, -0.1) is 0 Å². The predicted molar refractivity (Wildman–Crippen MR) is 109 cm³/mol. The summed E-state index contributed by atoms with van der Waals surface area (Å²) in [5, 5.41) is 2.82. The Morgan fingerprint density at radius 1 is 0.933 bits per heavy atom. The number of carbonyl (C=O) groups is 2. The molecule has 3 aromatic carbocycles. The average molecular weight is 409 g/mol. The number of halogens is 2. The first-order valence-electron chi connectivity index (χ1n) is 9.44. The molecule has 0 aliphatic rings. The quantitative estimate of drug-likeness (QED) is 0.551. The van der Waals surface area contributed by atoms with Crippen molar-refractivity contribution in [2.24, 2.45) is 0 Å². The minimum absolute atomic E-state index is 0.105. The molecule has 30 heavy (non-hydrogen) atoms. The van der Waals surface area contributed by atoms with Gasteiger partial charge in [-0.25, -0.2) is 8.78 Å². The van der Waals surface area contributed by atoms with E-state index in [0.29, 0.717) is 22.4 Å². The standard InChI is InChI=1S/C24H21F2NO3/c1-16(28)18-6-4-10-22(14-18)30-15-24(29)27-23(19-7-3-9-21(26)13-19)12-17-5-2-8-20(25)11-17/h2-11,13-14,23H,12,15H2,1H3,(H,27,29). The molecule has 1 N–H and O–H groups in total. The second kappa shape index (κ2) is 9.78. The summed E-state index contributed by atoms with van der Waals surface area (Å²) < 4.78 is 32.8. The number of benzene rings is 3. The van der Waals surface area contributed by atoms with Crippen LogP contribution in [0.3, 0.4) is 0 Å². The van der Waals surface area contributed by atoms with E-state index in [0.717, 1.165) is 0 Å². The maximum atomic E-state index is 13.7. The van der Waals surface area contributed by atoms with Crippen LogP contribution < -0.4 is 10.1 Å². The van der Waals surface area contributed by atoms with Crippen molar-refractivity contribution in [2.45, 2.75) is 19.4 Å². The first kappa shape index (κ1) is 21.2. The van der Waals surface area contributed by atoms with Crippen molar-refractivity contribution in [3.8, 4) is 5.75 Å². The third-order valence-electron chi connectivity index (χ3n) is 4.53. The first-order chi connectivity index (χ1) is 14.4. The van der Waals surface area contributed by atoms with Crippen LogP contribution in [0.15, 0.2) is 72.8 Å². The van der Waals surface area contributed by atoms with Crippen molar-refractivity contribution in [3.05, 3.63) is 101 Å². The molecule has 3 aromatic rings. The zero-order chi connectivity index (χ0) is 21.5. The van der Waals surface area contributed by atoms with Gasteiger partial charge in [0.2, 0.25) is 0 Å². The third kappa shape index (κ3) is 5.98. The van der Waals surface area contributed by atoms with Crippen LogP contribution in [-0.4, -0.2) is 18.3 Å². The number of ether oxygens (including phenoxy) is 1. The highest BCUT2D eigenvalue weighted by Crippen LogP contribution is 2.20. The van der Waals surface area contributed by atoms with Crippen LogP contribution in [0.25, 0.3) is 0 Å². The smallest absolute Gasteiger partial charge is 0.258 e. The summed E-state index contributed by atoms with van der Waals surface area (Å²) >= 11 is 0. The summed E-state index contributed by atoms with van der Waals surface area (Å²) in [6, 6.07) is 17.9. The molecule has 0 fully saturated rings. The highest BCUT2D eigenvalue weighted by molar-refractivity contribution is 5.94. The van der Waals surface area contributed by atoms with Gasteiger partial charge in [0, 0.05) is 5.56 Å². The number of nitrogens with one attached hydrogen (secondary N) is 1. The van der Waals surface area contributed by atoms with Crippen LogP contribution in [0, 0.1) is 11.6 Å². The van der Waals surface area contributed by atoms with Crippen LogP contribution in [0.4, 0.5) is 8.78 Å². The molecule has 6 heteroatoms. The fourth-order valence-electron chi connectivity index (χ4n) is 3.06. The van der Waals surface area contributed by atoms with Gasteiger partial charge < -0.3 is 10.1 Å². The summed E-state index contributed by atoms with van der Waals surface area (Å²) in [5.74, 6) is -0.945. The molecule has 1 amide bonds. The molecule has 1 atom stereocenters. The van der Waals surface area contributed by atoms with Crippen LogP contribution in [-0.2, 0) is 11.2 Å². The third-order valence-corrected chi connectivity index (χ3v) is 4.53. The minimum atomic E-state index is -0.567. The highest BCUT2D eigenvalue weighted by Gasteiger charge is 2.17. The molecular formula is C24H21F2NO3. The van der Waals surface area contributed by atoms with E-state index >= 15 is 0 Å². The molecule has 0 bridgehead atoms.